The van der Waals surface area contributed by atoms with Crippen LogP contribution in [0.2, 0.25) is 0 Å². The van der Waals surface area contributed by atoms with Gasteiger partial charge >= 0.3 is 5.97 Å². The maximum absolute atomic E-state index is 12.5. The van der Waals surface area contributed by atoms with Gasteiger partial charge in [-0.25, -0.2) is 4.39 Å². The van der Waals surface area contributed by atoms with Crippen molar-refractivity contribution in [3.63, 3.8) is 0 Å². The summed E-state index contributed by atoms with van der Waals surface area (Å²) in [4.78, 5) is 26.0. The van der Waals surface area contributed by atoms with Crippen LogP contribution >= 0.6 is 0 Å². The quantitative estimate of drug-likeness (QED) is 0.618. The summed E-state index contributed by atoms with van der Waals surface area (Å²) >= 11 is 0. The first-order chi connectivity index (χ1) is 10.5. The smallest absolute Gasteiger partial charge is 0.320 e. The molecule has 4 nitrogen and oxygen atoms in total. The standard InChI is InChI=1S/C17H22FNO3/c1-17(16(21)22-2)12-19(10-8-15(17)20)9-7-13-3-5-14(11-18)6-4-13/h3-6H,7-12H2,1-2H3. The number of hydrogen-bond acceptors (Lipinski definition) is 4. The van der Waals surface area contributed by atoms with Gasteiger partial charge < -0.3 is 9.64 Å². The van der Waals surface area contributed by atoms with E-state index in [1.807, 2.05) is 12.1 Å². The lowest BCUT2D eigenvalue weighted by Gasteiger charge is -2.37. The Kier molecular flexibility index (Phi) is 5.29. The summed E-state index contributed by atoms with van der Waals surface area (Å²) in [5.41, 5.74) is 0.727. The van der Waals surface area contributed by atoms with E-state index in [0.29, 0.717) is 25.1 Å². The number of ether oxygens (including phenoxy) is 1. The lowest BCUT2D eigenvalue weighted by molar-refractivity contribution is -0.160. The van der Waals surface area contributed by atoms with Gasteiger partial charge in [0.15, 0.2) is 5.78 Å². The van der Waals surface area contributed by atoms with Gasteiger partial charge in [-0.3, -0.25) is 9.59 Å². The number of alkyl halides is 1. The van der Waals surface area contributed by atoms with Gasteiger partial charge in [0.05, 0.1) is 7.11 Å². The molecule has 1 unspecified atom stereocenters. The van der Waals surface area contributed by atoms with Crippen LogP contribution in [0.25, 0.3) is 0 Å². The van der Waals surface area contributed by atoms with Crippen molar-refractivity contribution in [1.82, 2.24) is 4.90 Å². The number of rotatable bonds is 5. The molecule has 0 spiro atoms. The third-order valence-electron chi connectivity index (χ3n) is 4.34. The zero-order chi connectivity index (χ0) is 16.2. The molecule has 1 heterocycles. The molecule has 1 aromatic rings. The summed E-state index contributed by atoms with van der Waals surface area (Å²) in [6.07, 6.45) is 1.17. The molecule has 1 aliphatic rings. The maximum atomic E-state index is 12.5. The fraction of sp³-hybridized carbons (Fsp3) is 0.529. The lowest BCUT2D eigenvalue weighted by Crippen LogP contribution is -2.52. The molecule has 1 aromatic carbocycles. The van der Waals surface area contributed by atoms with E-state index in [1.165, 1.54) is 7.11 Å². The minimum Gasteiger partial charge on any atom is -0.468 e. The Labute approximate surface area is 130 Å². The third-order valence-corrected chi connectivity index (χ3v) is 4.34. The monoisotopic (exact) mass is 307 g/mol. The fourth-order valence-electron chi connectivity index (χ4n) is 2.83. The molecule has 0 amide bonds. The highest BCUT2D eigenvalue weighted by atomic mass is 19.1. The van der Waals surface area contributed by atoms with E-state index >= 15 is 0 Å². The number of hydrogen-bond donors (Lipinski definition) is 0. The third kappa shape index (κ3) is 3.53. The number of carbonyl (C=O) groups excluding carboxylic acids is 2. The van der Waals surface area contributed by atoms with Gasteiger partial charge in [0.1, 0.15) is 12.1 Å². The molecule has 2 rings (SSSR count). The minimum absolute atomic E-state index is 0.0529. The van der Waals surface area contributed by atoms with Crippen molar-refractivity contribution in [2.24, 2.45) is 5.41 Å². The highest BCUT2D eigenvalue weighted by molar-refractivity contribution is 6.04. The molecule has 0 N–H and O–H groups in total. The second-order valence-corrected chi connectivity index (χ2v) is 5.97. The predicted octanol–water partition coefficient (Wildman–Crippen LogP) is 2.15. The lowest BCUT2D eigenvalue weighted by atomic mass is 9.80. The molecule has 1 atom stereocenters. The second-order valence-electron chi connectivity index (χ2n) is 5.97. The minimum atomic E-state index is -1.06. The molecule has 0 saturated carbocycles. The van der Waals surface area contributed by atoms with Crippen molar-refractivity contribution in [2.75, 3.05) is 26.7 Å². The number of halogens is 1. The van der Waals surface area contributed by atoms with E-state index in [4.69, 9.17) is 4.74 Å². The predicted molar refractivity (Wildman–Crippen MR) is 81.1 cm³/mol. The Balaban J connectivity index is 1.95. The van der Waals surface area contributed by atoms with Crippen LogP contribution in [0.1, 0.15) is 24.5 Å². The molecule has 0 aliphatic carbocycles. The van der Waals surface area contributed by atoms with E-state index in [0.717, 1.165) is 18.5 Å². The van der Waals surface area contributed by atoms with Gasteiger partial charge in [0, 0.05) is 26.1 Å². The number of likely N-dealkylation sites (tertiary alicyclic amines) is 1. The molecule has 120 valence electrons. The molecule has 0 radical (unpaired) electrons. The summed E-state index contributed by atoms with van der Waals surface area (Å²) in [5.74, 6) is -0.516. The molecule has 0 bridgehead atoms. The topological polar surface area (TPSA) is 46.6 Å². The van der Waals surface area contributed by atoms with E-state index < -0.39 is 18.1 Å². The number of carbonyl (C=O) groups is 2. The summed E-state index contributed by atoms with van der Waals surface area (Å²) in [6.45, 7) is 3.01. The molecule has 1 saturated heterocycles. The number of piperidine rings is 1. The SMILES string of the molecule is COC(=O)C1(C)CN(CCc2ccc(CF)cc2)CCC1=O. The van der Waals surface area contributed by atoms with Gasteiger partial charge in [-0.1, -0.05) is 24.3 Å². The van der Waals surface area contributed by atoms with Crippen LogP contribution in [0.5, 0.6) is 0 Å². The van der Waals surface area contributed by atoms with Gasteiger partial charge in [0.25, 0.3) is 0 Å². The maximum Gasteiger partial charge on any atom is 0.320 e. The van der Waals surface area contributed by atoms with Crippen LogP contribution in [-0.2, 0) is 27.4 Å². The van der Waals surface area contributed by atoms with Crippen molar-refractivity contribution < 1.29 is 18.7 Å². The van der Waals surface area contributed by atoms with Crippen LogP contribution in [-0.4, -0.2) is 43.4 Å². The van der Waals surface area contributed by atoms with Crippen molar-refractivity contribution >= 4 is 11.8 Å². The number of ketones is 1. The Morgan fingerprint density at radius 1 is 1.32 bits per heavy atom. The molecule has 0 aromatic heterocycles. The zero-order valence-corrected chi connectivity index (χ0v) is 13.1. The van der Waals surface area contributed by atoms with Gasteiger partial charge in [-0.05, 0) is 24.5 Å². The summed E-state index contributed by atoms with van der Waals surface area (Å²) in [6, 6.07) is 7.41. The molecular weight excluding hydrogens is 285 g/mol. The van der Waals surface area contributed by atoms with Crippen LogP contribution in [0, 0.1) is 5.41 Å². The highest BCUT2D eigenvalue weighted by Gasteiger charge is 2.45. The number of esters is 1. The Bertz CT molecular complexity index is 533. The van der Waals surface area contributed by atoms with Gasteiger partial charge in [-0.2, -0.15) is 0 Å². The van der Waals surface area contributed by atoms with E-state index in [-0.39, 0.29) is 5.78 Å². The molecule has 1 aliphatic heterocycles. The van der Waals surface area contributed by atoms with Gasteiger partial charge in [0.2, 0.25) is 0 Å². The first kappa shape index (κ1) is 16.6. The van der Waals surface area contributed by atoms with Crippen LogP contribution in [0.15, 0.2) is 24.3 Å². The number of benzene rings is 1. The Morgan fingerprint density at radius 3 is 2.55 bits per heavy atom. The van der Waals surface area contributed by atoms with E-state index in [1.54, 1.807) is 19.1 Å². The highest BCUT2D eigenvalue weighted by Crippen LogP contribution is 2.27. The fourth-order valence-corrected chi connectivity index (χ4v) is 2.83. The van der Waals surface area contributed by atoms with E-state index in [9.17, 15) is 14.0 Å². The van der Waals surface area contributed by atoms with Crippen LogP contribution in [0.4, 0.5) is 4.39 Å². The van der Waals surface area contributed by atoms with E-state index in [2.05, 4.69) is 4.90 Å². The Hall–Kier alpha value is -1.75. The summed E-state index contributed by atoms with van der Waals surface area (Å²) in [5, 5.41) is 0. The summed E-state index contributed by atoms with van der Waals surface area (Å²) < 4.78 is 17.3. The normalized spacial score (nSPS) is 22.6. The zero-order valence-electron chi connectivity index (χ0n) is 13.1. The largest absolute Gasteiger partial charge is 0.468 e. The summed E-state index contributed by atoms with van der Waals surface area (Å²) in [7, 11) is 1.31. The number of Topliss-reactive ketones (excluding diaryl/α,β-unsaturated/α-hetero) is 1. The van der Waals surface area contributed by atoms with Crippen molar-refractivity contribution in [1.29, 1.82) is 0 Å². The van der Waals surface area contributed by atoms with Crippen LogP contribution in [0.3, 0.4) is 0 Å². The van der Waals surface area contributed by atoms with Crippen molar-refractivity contribution in [2.45, 2.75) is 26.4 Å². The molecule has 22 heavy (non-hydrogen) atoms. The number of methoxy groups -OCH3 is 1. The average Bonchev–Trinajstić information content (AvgIpc) is 2.55. The van der Waals surface area contributed by atoms with Gasteiger partial charge in [-0.15, -0.1) is 0 Å². The van der Waals surface area contributed by atoms with Crippen molar-refractivity contribution in [3.05, 3.63) is 35.4 Å². The average molecular weight is 307 g/mol. The molecule has 1 fully saturated rings. The number of nitrogens with zero attached hydrogens (tertiary/aromatic N) is 1. The second kappa shape index (κ2) is 7.01. The molecule has 5 heteroatoms. The first-order valence-electron chi connectivity index (χ1n) is 7.47. The Morgan fingerprint density at radius 2 is 1.95 bits per heavy atom. The van der Waals surface area contributed by atoms with Crippen molar-refractivity contribution in [3.8, 4) is 0 Å². The van der Waals surface area contributed by atoms with Crippen LogP contribution < -0.4 is 0 Å². The first-order valence-corrected chi connectivity index (χ1v) is 7.47. The molecular formula is C17H22FNO3.